The highest BCUT2D eigenvalue weighted by molar-refractivity contribution is 14.0. The summed E-state index contributed by atoms with van der Waals surface area (Å²) in [4.78, 5) is 19.0. The Morgan fingerprint density at radius 3 is 2.38 bits per heavy atom. The van der Waals surface area contributed by atoms with Gasteiger partial charge in [0.05, 0.1) is 6.54 Å². The number of carbonyl (C=O) groups excluding carboxylic acids is 1. The van der Waals surface area contributed by atoms with Gasteiger partial charge in [0.15, 0.2) is 5.96 Å². The van der Waals surface area contributed by atoms with Crippen LogP contribution in [0.4, 0.5) is 0 Å². The summed E-state index contributed by atoms with van der Waals surface area (Å²) in [6, 6.07) is 16.0. The molecule has 2 aromatic rings. The van der Waals surface area contributed by atoms with Crippen LogP contribution < -0.4 is 10.6 Å². The van der Waals surface area contributed by atoms with Crippen molar-refractivity contribution in [1.82, 2.24) is 15.5 Å². The van der Waals surface area contributed by atoms with Crippen LogP contribution in [-0.2, 0) is 24.4 Å². The Morgan fingerprint density at radius 2 is 1.72 bits per heavy atom. The molecule has 1 amide bonds. The quantitative estimate of drug-likeness (QED) is 0.244. The fraction of sp³-hybridized carbons (Fsp3) is 0.364. The van der Waals surface area contributed by atoms with Crippen LogP contribution in [0.15, 0.2) is 53.5 Å². The summed E-state index contributed by atoms with van der Waals surface area (Å²) in [7, 11) is 0. The van der Waals surface area contributed by atoms with E-state index in [1.54, 1.807) is 0 Å². The van der Waals surface area contributed by atoms with Crippen molar-refractivity contribution in [1.29, 1.82) is 0 Å². The van der Waals surface area contributed by atoms with Gasteiger partial charge in [-0.15, -0.1) is 24.0 Å². The molecule has 3 rings (SSSR count). The van der Waals surface area contributed by atoms with Crippen molar-refractivity contribution in [3.63, 3.8) is 0 Å². The van der Waals surface area contributed by atoms with Gasteiger partial charge in [-0.1, -0.05) is 54.1 Å². The Labute approximate surface area is 194 Å². The topological polar surface area (TPSA) is 56.7 Å². The van der Waals surface area contributed by atoms with Gasteiger partial charge in [0, 0.05) is 37.6 Å². The van der Waals surface area contributed by atoms with Crippen LogP contribution in [0.1, 0.15) is 36.5 Å². The highest BCUT2D eigenvalue weighted by Gasteiger charge is 2.22. The second-order valence-corrected chi connectivity index (χ2v) is 7.24. The van der Waals surface area contributed by atoms with Crippen LogP contribution in [0.2, 0.25) is 5.02 Å². The molecule has 2 N–H and O–H groups in total. The van der Waals surface area contributed by atoms with E-state index in [0.29, 0.717) is 19.5 Å². The highest BCUT2D eigenvalue weighted by atomic mass is 127. The molecular formula is C22H28ClIN4O. The first-order valence-electron chi connectivity index (χ1n) is 9.77. The summed E-state index contributed by atoms with van der Waals surface area (Å²) in [5.74, 6) is 0.944. The molecule has 2 aromatic carbocycles. The summed E-state index contributed by atoms with van der Waals surface area (Å²) < 4.78 is 0. The Balaban J connectivity index is 0.00000300. The van der Waals surface area contributed by atoms with E-state index in [9.17, 15) is 4.79 Å². The first-order valence-corrected chi connectivity index (χ1v) is 10.2. The van der Waals surface area contributed by atoms with E-state index < -0.39 is 0 Å². The lowest BCUT2D eigenvalue weighted by atomic mass is 10.1. The molecule has 5 nitrogen and oxygen atoms in total. The van der Waals surface area contributed by atoms with Crippen molar-refractivity contribution in [2.24, 2.45) is 4.99 Å². The minimum atomic E-state index is 0. The Morgan fingerprint density at radius 1 is 1.07 bits per heavy atom. The number of hydrogen-bond donors (Lipinski definition) is 2. The molecule has 0 saturated heterocycles. The van der Waals surface area contributed by atoms with Gasteiger partial charge in [-0.05, 0) is 36.1 Å². The lowest BCUT2D eigenvalue weighted by Gasteiger charge is -2.16. The molecule has 7 heteroatoms. The van der Waals surface area contributed by atoms with Crippen molar-refractivity contribution in [3.8, 4) is 0 Å². The van der Waals surface area contributed by atoms with Crippen LogP contribution in [-0.4, -0.2) is 29.9 Å². The molecule has 0 radical (unpaired) electrons. The third-order valence-electron chi connectivity index (χ3n) is 4.76. The van der Waals surface area contributed by atoms with Crippen molar-refractivity contribution < 1.29 is 4.79 Å². The molecule has 1 aliphatic heterocycles. The van der Waals surface area contributed by atoms with Crippen LogP contribution in [0.25, 0.3) is 0 Å². The molecule has 0 aromatic heterocycles. The number of fused-ring (bicyclic) bond motifs is 1. The average Bonchev–Trinajstić information content (AvgIpc) is 3.14. The zero-order valence-corrected chi connectivity index (χ0v) is 19.7. The van der Waals surface area contributed by atoms with E-state index >= 15 is 0 Å². The zero-order valence-electron chi connectivity index (χ0n) is 16.7. The third kappa shape index (κ3) is 6.89. The van der Waals surface area contributed by atoms with Gasteiger partial charge in [-0.2, -0.15) is 0 Å². The molecule has 1 heterocycles. The van der Waals surface area contributed by atoms with Crippen LogP contribution >= 0.6 is 35.6 Å². The van der Waals surface area contributed by atoms with Gasteiger partial charge < -0.3 is 15.5 Å². The lowest BCUT2D eigenvalue weighted by Crippen LogP contribution is -2.38. The number of hydrogen-bond acceptors (Lipinski definition) is 2. The zero-order chi connectivity index (χ0) is 19.8. The molecule has 0 spiro atoms. The van der Waals surface area contributed by atoms with Crippen LogP contribution in [0, 0.1) is 0 Å². The van der Waals surface area contributed by atoms with Gasteiger partial charge in [0.25, 0.3) is 0 Å². The summed E-state index contributed by atoms with van der Waals surface area (Å²) in [6.07, 6.45) is 1.30. The van der Waals surface area contributed by atoms with Gasteiger partial charge in [-0.25, -0.2) is 4.99 Å². The van der Waals surface area contributed by atoms with Crippen molar-refractivity contribution in [2.45, 2.75) is 39.4 Å². The predicted molar refractivity (Wildman–Crippen MR) is 130 cm³/mol. The number of aliphatic imine (C=N–C) groups is 1. The minimum absolute atomic E-state index is 0. The van der Waals surface area contributed by atoms with Crippen LogP contribution in [0.3, 0.4) is 0 Å². The lowest BCUT2D eigenvalue weighted by molar-refractivity contribution is -0.131. The van der Waals surface area contributed by atoms with Crippen molar-refractivity contribution >= 4 is 47.4 Å². The molecule has 0 fully saturated rings. The van der Waals surface area contributed by atoms with Crippen molar-refractivity contribution in [3.05, 3.63) is 70.2 Å². The first kappa shape index (κ1) is 23.5. The second-order valence-electron chi connectivity index (χ2n) is 6.84. The number of halogens is 2. The number of rotatable bonds is 7. The summed E-state index contributed by atoms with van der Waals surface area (Å²) >= 11 is 6.19. The number of guanidine groups is 1. The average molecular weight is 527 g/mol. The molecule has 29 heavy (non-hydrogen) atoms. The number of nitrogens with zero attached hydrogens (tertiary/aromatic N) is 2. The Hall–Kier alpha value is -1.80. The number of amides is 1. The maximum Gasteiger partial charge on any atom is 0.223 e. The summed E-state index contributed by atoms with van der Waals surface area (Å²) in [5.41, 5.74) is 3.51. The van der Waals surface area contributed by atoms with E-state index in [-0.39, 0.29) is 29.9 Å². The summed E-state index contributed by atoms with van der Waals surface area (Å²) in [6.45, 7) is 5.47. The normalized spacial score (nSPS) is 12.9. The second kappa shape index (κ2) is 12.0. The third-order valence-corrected chi connectivity index (χ3v) is 5.13. The smallest absolute Gasteiger partial charge is 0.223 e. The number of nitrogens with one attached hydrogen (secondary N) is 2. The van der Waals surface area contributed by atoms with Gasteiger partial charge in [0.2, 0.25) is 5.91 Å². The Kier molecular flexibility index (Phi) is 9.73. The van der Waals surface area contributed by atoms with E-state index in [1.807, 2.05) is 48.2 Å². The highest BCUT2D eigenvalue weighted by Crippen LogP contribution is 2.22. The predicted octanol–water partition coefficient (Wildman–Crippen LogP) is 4.34. The molecule has 0 atom stereocenters. The molecule has 0 aliphatic carbocycles. The monoisotopic (exact) mass is 526 g/mol. The standard InChI is InChI=1S/C22H27ClN4O.HI/c1-2-24-22(26-14-17-8-5-6-11-20(17)23)25-13-7-12-21(28)27-15-18-9-3-4-10-19(18)16-27;/h3-6,8-11H,2,7,12-16H2,1H3,(H2,24,25,26);1H. The van der Waals surface area contributed by atoms with Gasteiger partial charge in [0.1, 0.15) is 0 Å². The molecule has 0 unspecified atom stereocenters. The van der Waals surface area contributed by atoms with Gasteiger partial charge >= 0.3 is 0 Å². The first-order chi connectivity index (χ1) is 13.7. The van der Waals surface area contributed by atoms with Gasteiger partial charge in [-0.3, -0.25) is 4.79 Å². The van der Waals surface area contributed by atoms with Crippen molar-refractivity contribution in [2.75, 3.05) is 13.1 Å². The molecule has 0 saturated carbocycles. The van der Waals surface area contributed by atoms with E-state index in [2.05, 4.69) is 27.8 Å². The van der Waals surface area contributed by atoms with E-state index in [0.717, 1.165) is 42.6 Å². The molecule has 1 aliphatic rings. The number of benzene rings is 2. The molecule has 0 bridgehead atoms. The Bertz CT molecular complexity index is 818. The largest absolute Gasteiger partial charge is 0.357 e. The fourth-order valence-electron chi connectivity index (χ4n) is 3.25. The van der Waals surface area contributed by atoms with E-state index in [1.165, 1.54) is 11.1 Å². The van der Waals surface area contributed by atoms with E-state index in [4.69, 9.17) is 11.6 Å². The fourth-order valence-corrected chi connectivity index (χ4v) is 3.44. The maximum atomic E-state index is 12.5. The maximum absolute atomic E-state index is 12.5. The van der Waals surface area contributed by atoms with Crippen LogP contribution in [0.5, 0.6) is 0 Å². The SMILES string of the molecule is CCNC(=NCc1ccccc1Cl)NCCCC(=O)N1Cc2ccccc2C1.I. The minimum Gasteiger partial charge on any atom is -0.357 e. The number of carbonyl (C=O) groups is 1. The molecule has 156 valence electrons. The summed E-state index contributed by atoms with van der Waals surface area (Å²) in [5, 5.41) is 7.25. The molecular weight excluding hydrogens is 499 g/mol.